The number of hydrogen-bond donors (Lipinski definition) is 1. The van der Waals surface area contributed by atoms with Crippen molar-refractivity contribution in [1.82, 2.24) is 5.32 Å². The van der Waals surface area contributed by atoms with E-state index in [9.17, 15) is 0 Å². The van der Waals surface area contributed by atoms with Crippen LogP contribution in [0.25, 0.3) is 0 Å². The van der Waals surface area contributed by atoms with E-state index in [1.165, 1.54) is 4.90 Å². The molecule has 0 spiro atoms. The van der Waals surface area contributed by atoms with E-state index in [0.717, 1.165) is 31.0 Å². The lowest BCUT2D eigenvalue weighted by molar-refractivity contribution is 0.343. The van der Waals surface area contributed by atoms with E-state index in [0.29, 0.717) is 0 Å². The fourth-order valence-electron chi connectivity index (χ4n) is 1.64. The molecule has 0 saturated carbocycles. The Morgan fingerprint density at radius 2 is 2.00 bits per heavy atom. The van der Waals surface area contributed by atoms with Crippen LogP contribution in [0.15, 0.2) is 35.2 Å². The summed E-state index contributed by atoms with van der Waals surface area (Å²) in [5, 5.41) is 3.61. The Hall–Kier alpha value is -0.180. The molecule has 96 valence electrons. The van der Waals surface area contributed by atoms with Gasteiger partial charge in [0.25, 0.3) is 0 Å². The van der Waals surface area contributed by atoms with Crippen LogP contribution in [0, 0.1) is 0 Å². The smallest absolute Gasteiger partial charge is 0.0240 e. The fraction of sp³-hybridized carbons (Fsp3) is 0.571. The van der Waals surface area contributed by atoms with E-state index < -0.39 is 0 Å². The maximum absolute atomic E-state index is 5.83. The van der Waals surface area contributed by atoms with Gasteiger partial charge in [-0.2, -0.15) is 0 Å². The van der Waals surface area contributed by atoms with Crippen molar-refractivity contribution < 1.29 is 0 Å². The molecule has 1 N–H and O–H groups in total. The van der Waals surface area contributed by atoms with Crippen LogP contribution in [-0.4, -0.2) is 23.7 Å². The van der Waals surface area contributed by atoms with Crippen molar-refractivity contribution in [3.63, 3.8) is 0 Å². The Bertz CT molecular complexity index is 304. The number of hydrogen-bond acceptors (Lipinski definition) is 2. The third-order valence-corrected chi connectivity index (χ3v) is 4.30. The Kier molecular flexibility index (Phi) is 7.02. The van der Waals surface area contributed by atoms with Crippen molar-refractivity contribution >= 4 is 23.4 Å². The van der Waals surface area contributed by atoms with Crippen LogP contribution in [0.2, 0.25) is 0 Å². The van der Waals surface area contributed by atoms with Gasteiger partial charge in [-0.1, -0.05) is 25.1 Å². The highest BCUT2D eigenvalue weighted by Gasteiger charge is 2.19. The summed E-state index contributed by atoms with van der Waals surface area (Å²) in [6.45, 7) is 5.49. The monoisotopic (exact) mass is 271 g/mol. The fourth-order valence-corrected chi connectivity index (χ4v) is 2.84. The van der Waals surface area contributed by atoms with Crippen LogP contribution in [0.1, 0.15) is 26.7 Å². The predicted molar refractivity (Wildman–Crippen MR) is 79.2 cm³/mol. The number of thioether (sulfide) groups is 1. The third kappa shape index (κ3) is 5.80. The lowest BCUT2D eigenvalue weighted by atomic mass is 9.96. The quantitative estimate of drug-likeness (QED) is 0.433. The van der Waals surface area contributed by atoms with Gasteiger partial charge in [0, 0.05) is 28.6 Å². The van der Waals surface area contributed by atoms with Crippen LogP contribution in [0.4, 0.5) is 0 Å². The molecule has 0 aromatic heterocycles. The van der Waals surface area contributed by atoms with Crippen molar-refractivity contribution in [2.45, 2.75) is 37.1 Å². The summed E-state index contributed by atoms with van der Waals surface area (Å²) in [6, 6.07) is 10.5. The van der Waals surface area contributed by atoms with Gasteiger partial charge in [0.05, 0.1) is 0 Å². The molecule has 1 nitrogen and oxygen atoms in total. The van der Waals surface area contributed by atoms with Gasteiger partial charge in [-0.15, -0.1) is 23.4 Å². The van der Waals surface area contributed by atoms with Gasteiger partial charge in [0.2, 0.25) is 0 Å². The molecule has 0 amide bonds. The van der Waals surface area contributed by atoms with Gasteiger partial charge in [-0.25, -0.2) is 0 Å². The summed E-state index contributed by atoms with van der Waals surface area (Å²) in [5.74, 6) is 1.82. The highest BCUT2D eigenvalue weighted by molar-refractivity contribution is 7.99. The first-order valence-corrected chi connectivity index (χ1v) is 7.71. The second kappa shape index (κ2) is 8.02. The molecule has 0 aliphatic heterocycles. The Morgan fingerprint density at radius 1 is 1.29 bits per heavy atom. The number of halogens is 1. The van der Waals surface area contributed by atoms with E-state index in [2.05, 4.69) is 49.5 Å². The minimum absolute atomic E-state index is 0.193. The molecule has 17 heavy (non-hydrogen) atoms. The Labute approximate surface area is 114 Å². The minimum atomic E-state index is 0.193. The van der Waals surface area contributed by atoms with Crippen molar-refractivity contribution in [3.8, 4) is 0 Å². The summed E-state index contributed by atoms with van der Waals surface area (Å²) in [4.78, 5) is 1.34. The molecule has 1 atom stereocenters. The van der Waals surface area contributed by atoms with E-state index in [-0.39, 0.29) is 5.54 Å². The van der Waals surface area contributed by atoms with Crippen LogP contribution >= 0.6 is 23.4 Å². The van der Waals surface area contributed by atoms with Gasteiger partial charge < -0.3 is 5.32 Å². The maximum Gasteiger partial charge on any atom is 0.0240 e. The number of alkyl halides is 1. The number of nitrogens with one attached hydrogen (secondary N) is 1. The topological polar surface area (TPSA) is 12.0 Å². The van der Waals surface area contributed by atoms with Gasteiger partial charge in [0.15, 0.2) is 0 Å². The second-order valence-electron chi connectivity index (χ2n) is 4.44. The molecule has 0 saturated heterocycles. The molecule has 1 rings (SSSR count). The average molecular weight is 272 g/mol. The minimum Gasteiger partial charge on any atom is -0.311 e. The number of rotatable bonds is 8. The average Bonchev–Trinajstić information content (AvgIpc) is 2.36. The van der Waals surface area contributed by atoms with Crippen molar-refractivity contribution in [2.24, 2.45) is 0 Å². The summed E-state index contributed by atoms with van der Waals surface area (Å²) >= 11 is 7.72. The van der Waals surface area contributed by atoms with Crippen LogP contribution in [0.3, 0.4) is 0 Å². The van der Waals surface area contributed by atoms with Gasteiger partial charge in [0.1, 0.15) is 0 Å². The Balaban J connectivity index is 2.23. The number of benzene rings is 1. The first kappa shape index (κ1) is 14.9. The summed E-state index contributed by atoms with van der Waals surface area (Å²) < 4.78 is 0. The summed E-state index contributed by atoms with van der Waals surface area (Å²) in [6.07, 6.45) is 2.15. The zero-order valence-corrected chi connectivity index (χ0v) is 12.3. The van der Waals surface area contributed by atoms with E-state index in [1.807, 2.05) is 11.8 Å². The molecule has 0 fully saturated rings. The largest absolute Gasteiger partial charge is 0.311 e. The van der Waals surface area contributed by atoms with E-state index >= 15 is 0 Å². The van der Waals surface area contributed by atoms with Gasteiger partial charge >= 0.3 is 0 Å². The molecule has 3 heteroatoms. The maximum atomic E-state index is 5.83. The standard InChI is InChI=1S/C14H22ClNS/c1-3-14(2,9-10-15)16-11-12-17-13-7-5-4-6-8-13/h4-8,16H,3,9-12H2,1-2H3. The SMILES string of the molecule is CCC(C)(CCCl)NCCSc1ccccc1. The van der Waals surface area contributed by atoms with Gasteiger partial charge in [-0.3, -0.25) is 0 Å². The molecule has 1 unspecified atom stereocenters. The lowest BCUT2D eigenvalue weighted by Gasteiger charge is -2.29. The van der Waals surface area contributed by atoms with Crippen molar-refractivity contribution in [2.75, 3.05) is 18.2 Å². The van der Waals surface area contributed by atoms with Crippen LogP contribution in [0.5, 0.6) is 0 Å². The van der Waals surface area contributed by atoms with E-state index in [4.69, 9.17) is 11.6 Å². The van der Waals surface area contributed by atoms with Crippen molar-refractivity contribution in [1.29, 1.82) is 0 Å². The first-order valence-electron chi connectivity index (χ1n) is 6.19. The predicted octanol–water partition coefficient (Wildman–Crippen LogP) is 4.17. The molecule has 1 aromatic rings. The third-order valence-electron chi connectivity index (χ3n) is 3.09. The molecule has 0 radical (unpaired) electrons. The molecule has 0 bridgehead atoms. The molecule has 1 aromatic carbocycles. The van der Waals surface area contributed by atoms with Crippen LogP contribution < -0.4 is 5.32 Å². The highest BCUT2D eigenvalue weighted by Crippen LogP contribution is 2.18. The zero-order valence-electron chi connectivity index (χ0n) is 10.7. The highest BCUT2D eigenvalue weighted by atomic mass is 35.5. The summed E-state index contributed by atoms with van der Waals surface area (Å²) in [7, 11) is 0. The molecular weight excluding hydrogens is 250 g/mol. The zero-order chi connectivity index (χ0) is 12.6. The van der Waals surface area contributed by atoms with Gasteiger partial charge in [-0.05, 0) is 31.9 Å². The van der Waals surface area contributed by atoms with E-state index in [1.54, 1.807) is 0 Å². The molecular formula is C14H22ClNS. The summed E-state index contributed by atoms with van der Waals surface area (Å²) in [5.41, 5.74) is 0.193. The van der Waals surface area contributed by atoms with Crippen molar-refractivity contribution in [3.05, 3.63) is 30.3 Å². The van der Waals surface area contributed by atoms with Crippen LogP contribution in [-0.2, 0) is 0 Å². The Morgan fingerprint density at radius 3 is 2.59 bits per heavy atom. The molecule has 0 aliphatic carbocycles. The molecule has 0 aliphatic rings. The second-order valence-corrected chi connectivity index (χ2v) is 5.99. The molecule has 0 heterocycles. The first-order chi connectivity index (χ1) is 8.20. The lowest BCUT2D eigenvalue weighted by Crippen LogP contribution is -2.43. The normalized spacial score (nSPS) is 14.5.